The molecule has 0 heterocycles. The Morgan fingerprint density at radius 3 is 2.50 bits per heavy atom. The van der Waals surface area contributed by atoms with Crippen molar-refractivity contribution in [2.75, 3.05) is 20.6 Å². The summed E-state index contributed by atoms with van der Waals surface area (Å²) in [5, 5.41) is 14.3. The smallest absolute Gasteiger partial charge is 0.274 e. The fraction of sp³-hybridized carbons (Fsp3) is 0.538. The summed E-state index contributed by atoms with van der Waals surface area (Å²) in [4.78, 5) is 12.7. The first-order valence-corrected chi connectivity index (χ1v) is 6.06. The third-order valence-corrected chi connectivity index (χ3v) is 3.20. The van der Waals surface area contributed by atoms with Gasteiger partial charge in [0, 0.05) is 30.3 Å². The highest BCUT2D eigenvalue weighted by Gasteiger charge is 2.18. The van der Waals surface area contributed by atoms with Crippen LogP contribution in [-0.4, -0.2) is 36.5 Å². The minimum Gasteiger partial charge on any atom is -0.308 e. The van der Waals surface area contributed by atoms with E-state index in [2.05, 4.69) is 17.1 Å². The van der Waals surface area contributed by atoms with Gasteiger partial charge >= 0.3 is 0 Å². The predicted octanol–water partition coefficient (Wildman–Crippen LogP) is 2.20. The molecular weight excluding hydrogens is 230 g/mol. The Morgan fingerprint density at radius 1 is 1.33 bits per heavy atom. The highest BCUT2D eigenvalue weighted by Crippen LogP contribution is 2.24. The van der Waals surface area contributed by atoms with Gasteiger partial charge in [0.05, 0.1) is 4.92 Å². The van der Waals surface area contributed by atoms with Gasteiger partial charge in [-0.2, -0.15) is 0 Å². The molecule has 1 aromatic carbocycles. The van der Waals surface area contributed by atoms with Gasteiger partial charge in [-0.1, -0.05) is 18.2 Å². The summed E-state index contributed by atoms with van der Waals surface area (Å²) < 4.78 is 0. The zero-order valence-corrected chi connectivity index (χ0v) is 11.4. The van der Waals surface area contributed by atoms with E-state index in [9.17, 15) is 10.1 Å². The van der Waals surface area contributed by atoms with Crippen LogP contribution in [0.2, 0.25) is 0 Å². The average molecular weight is 251 g/mol. The maximum Gasteiger partial charge on any atom is 0.274 e. The fourth-order valence-electron chi connectivity index (χ4n) is 1.66. The van der Waals surface area contributed by atoms with Crippen LogP contribution in [0.15, 0.2) is 24.3 Å². The molecule has 2 atom stereocenters. The maximum absolute atomic E-state index is 10.9. The first-order chi connectivity index (χ1) is 8.43. The van der Waals surface area contributed by atoms with Crippen molar-refractivity contribution in [1.29, 1.82) is 0 Å². The Balaban J connectivity index is 2.72. The van der Waals surface area contributed by atoms with E-state index in [1.165, 1.54) is 0 Å². The number of hydrogen-bond acceptors (Lipinski definition) is 4. The van der Waals surface area contributed by atoms with Crippen LogP contribution >= 0.6 is 0 Å². The van der Waals surface area contributed by atoms with Crippen molar-refractivity contribution >= 4 is 5.69 Å². The van der Waals surface area contributed by atoms with Crippen molar-refractivity contribution < 1.29 is 4.92 Å². The number of nitrogens with zero attached hydrogens (tertiary/aromatic N) is 2. The lowest BCUT2D eigenvalue weighted by molar-refractivity contribution is -0.385. The molecule has 0 aromatic heterocycles. The molecule has 0 saturated heterocycles. The number of hydrogen-bond donors (Lipinski definition) is 1. The first kappa shape index (κ1) is 14.6. The molecule has 0 aliphatic rings. The molecule has 0 fully saturated rings. The van der Waals surface area contributed by atoms with Crippen LogP contribution < -0.4 is 5.32 Å². The SMILES string of the molecule is CC(NCC(C)N(C)C)c1ccccc1[N+](=O)[O-]. The molecular formula is C13H21N3O2. The predicted molar refractivity (Wildman–Crippen MR) is 72.7 cm³/mol. The van der Waals surface area contributed by atoms with Gasteiger partial charge in [-0.05, 0) is 27.9 Å². The zero-order valence-electron chi connectivity index (χ0n) is 11.4. The second-order valence-corrected chi connectivity index (χ2v) is 4.76. The summed E-state index contributed by atoms with van der Waals surface area (Å²) in [5.41, 5.74) is 0.906. The molecule has 0 bridgehead atoms. The van der Waals surface area contributed by atoms with E-state index < -0.39 is 0 Å². The molecule has 18 heavy (non-hydrogen) atoms. The van der Waals surface area contributed by atoms with Crippen molar-refractivity contribution in [3.63, 3.8) is 0 Å². The van der Waals surface area contributed by atoms with Crippen LogP contribution in [0.3, 0.4) is 0 Å². The van der Waals surface area contributed by atoms with Crippen molar-refractivity contribution in [1.82, 2.24) is 10.2 Å². The van der Waals surface area contributed by atoms with E-state index in [0.717, 1.165) is 12.1 Å². The van der Waals surface area contributed by atoms with Gasteiger partial charge in [0.25, 0.3) is 5.69 Å². The second-order valence-electron chi connectivity index (χ2n) is 4.76. The number of nitrogens with one attached hydrogen (secondary N) is 1. The molecule has 2 unspecified atom stereocenters. The summed E-state index contributed by atoms with van der Waals surface area (Å²) in [6, 6.07) is 7.22. The third kappa shape index (κ3) is 3.78. The van der Waals surface area contributed by atoms with E-state index in [-0.39, 0.29) is 16.7 Å². The van der Waals surface area contributed by atoms with Gasteiger partial charge in [-0.25, -0.2) is 0 Å². The van der Waals surface area contributed by atoms with E-state index in [1.54, 1.807) is 18.2 Å². The number of nitro benzene ring substituents is 1. The van der Waals surface area contributed by atoms with Crippen molar-refractivity contribution in [2.45, 2.75) is 25.9 Å². The molecule has 5 nitrogen and oxygen atoms in total. The van der Waals surface area contributed by atoms with Gasteiger partial charge in [0.15, 0.2) is 0 Å². The molecule has 0 aliphatic carbocycles. The summed E-state index contributed by atoms with van der Waals surface area (Å²) in [7, 11) is 4.03. The van der Waals surface area contributed by atoms with Gasteiger partial charge in [-0.15, -0.1) is 0 Å². The lowest BCUT2D eigenvalue weighted by Crippen LogP contribution is -2.36. The highest BCUT2D eigenvalue weighted by atomic mass is 16.6. The molecule has 1 aromatic rings. The Kier molecular flexibility index (Phi) is 5.25. The van der Waals surface area contributed by atoms with Crippen LogP contribution in [0, 0.1) is 10.1 Å². The fourth-order valence-corrected chi connectivity index (χ4v) is 1.66. The van der Waals surface area contributed by atoms with Crippen LogP contribution in [0.4, 0.5) is 5.69 Å². The van der Waals surface area contributed by atoms with Crippen molar-refractivity contribution in [3.8, 4) is 0 Å². The second kappa shape index (κ2) is 6.47. The Morgan fingerprint density at radius 2 is 1.94 bits per heavy atom. The third-order valence-electron chi connectivity index (χ3n) is 3.20. The number of rotatable bonds is 6. The lowest BCUT2D eigenvalue weighted by atomic mass is 10.1. The summed E-state index contributed by atoms with van der Waals surface area (Å²) in [6.45, 7) is 4.85. The molecule has 0 radical (unpaired) electrons. The van der Waals surface area contributed by atoms with Crippen LogP contribution in [0.25, 0.3) is 0 Å². The molecule has 1 N–H and O–H groups in total. The van der Waals surface area contributed by atoms with Gasteiger partial charge in [0.2, 0.25) is 0 Å². The number of para-hydroxylation sites is 1. The molecule has 0 saturated carbocycles. The maximum atomic E-state index is 10.9. The van der Waals surface area contributed by atoms with Crippen molar-refractivity contribution in [2.24, 2.45) is 0 Å². The number of nitro groups is 1. The number of benzene rings is 1. The molecule has 0 amide bonds. The lowest BCUT2D eigenvalue weighted by Gasteiger charge is -2.22. The van der Waals surface area contributed by atoms with E-state index in [0.29, 0.717) is 6.04 Å². The topological polar surface area (TPSA) is 58.4 Å². The van der Waals surface area contributed by atoms with Gasteiger partial charge < -0.3 is 10.2 Å². The van der Waals surface area contributed by atoms with Crippen LogP contribution in [-0.2, 0) is 0 Å². The van der Waals surface area contributed by atoms with Crippen molar-refractivity contribution in [3.05, 3.63) is 39.9 Å². The van der Waals surface area contributed by atoms with Crippen LogP contribution in [0.1, 0.15) is 25.5 Å². The molecule has 0 spiro atoms. The zero-order chi connectivity index (χ0) is 13.7. The minimum absolute atomic E-state index is 0.0333. The first-order valence-electron chi connectivity index (χ1n) is 6.06. The summed E-state index contributed by atoms with van der Waals surface area (Å²) in [6.07, 6.45) is 0. The van der Waals surface area contributed by atoms with E-state index in [1.807, 2.05) is 27.1 Å². The molecule has 5 heteroatoms. The van der Waals surface area contributed by atoms with Gasteiger partial charge in [-0.3, -0.25) is 10.1 Å². The number of likely N-dealkylation sites (N-methyl/N-ethyl adjacent to an activating group) is 1. The minimum atomic E-state index is -0.330. The Labute approximate surface area is 108 Å². The Hall–Kier alpha value is -1.46. The Bertz CT molecular complexity index is 407. The standard InChI is InChI=1S/C13H21N3O2/c1-10(15(3)4)9-14-11(2)12-7-5-6-8-13(12)16(17)18/h5-8,10-11,14H,9H2,1-4H3. The normalized spacial score (nSPS) is 14.5. The van der Waals surface area contributed by atoms with Gasteiger partial charge in [0.1, 0.15) is 0 Å². The monoisotopic (exact) mass is 251 g/mol. The quantitative estimate of drug-likeness (QED) is 0.622. The highest BCUT2D eigenvalue weighted by molar-refractivity contribution is 5.41. The summed E-state index contributed by atoms with van der Waals surface area (Å²) in [5.74, 6) is 0. The summed E-state index contributed by atoms with van der Waals surface area (Å²) >= 11 is 0. The molecule has 1 rings (SSSR count). The largest absolute Gasteiger partial charge is 0.308 e. The van der Waals surface area contributed by atoms with E-state index in [4.69, 9.17) is 0 Å². The average Bonchev–Trinajstić information content (AvgIpc) is 2.35. The molecule has 100 valence electrons. The van der Waals surface area contributed by atoms with E-state index >= 15 is 0 Å². The molecule has 0 aliphatic heterocycles. The van der Waals surface area contributed by atoms with Crippen LogP contribution in [0.5, 0.6) is 0 Å².